The minimum Gasteiger partial charge on any atom is -0.465 e. The van der Waals surface area contributed by atoms with Gasteiger partial charge in [-0.1, -0.05) is 23.7 Å². The molecule has 0 unspecified atom stereocenters. The Kier molecular flexibility index (Phi) is 4.95. The minimum absolute atomic E-state index is 0.112. The first-order valence-corrected chi connectivity index (χ1v) is 9.14. The molecule has 28 heavy (non-hydrogen) atoms. The molecule has 1 aliphatic rings. The molecule has 1 amide bonds. The monoisotopic (exact) mass is 401 g/mol. The van der Waals surface area contributed by atoms with Gasteiger partial charge in [-0.15, -0.1) is 10.2 Å². The fraction of sp³-hybridized carbons (Fsp3) is 0.263. The fourth-order valence-corrected chi connectivity index (χ4v) is 3.54. The van der Waals surface area contributed by atoms with E-state index < -0.39 is 18.3 Å². The molecule has 2 atom stereocenters. The number of piperidine rings is 1. The summed E-state index contributed by atoms with van der Waals surface area (Å²) in [5.41, 5.74) is 1.50. The highest BCUT2D eigenvalue weighted by molar-refractivity contribution is 6.30. The van der Waals surface area contributed by atoms with Crippen LogP contribution in [-0.4, -0.2) is 56.6 Å². The van der Waals surface area contributed by atoms with E-state index in [0.717, 1.165) is 21.2 Å². The molecule has 0 spiro atoms. The summed E-state index contributed by atoms with van der Waals surface area (Å²) in [6.45, 7) is 0.0717. The maximum Gasteiger partial charge on any atom is 0.407 e. The third-order valence-electron chi connectivity index (χ3n) is 4.71. The Balaban J connectivity index is 1.68. The molecule has 3 aromatic rings. The number of hydrogen-bond donors (Lipinski definition) is 2. The summed E-state index contributed by atoms with van der Waals surface area (Å²) in [6, 6.07) is 8.66. The Hall–Kier alpha value is -3.00. The van der Waals surface area contributed by atoms with E-state index in [1.54, 1.807) is 30.6 Å². The number of anilines is 1. The van der Waals surface area contributed by atoms with E-state index >= 15 is 0 Å². The minimum atomic E-state index is -1.23. The van der Waals surface area contributed by atoms with Crippen LogP contribution >= 0.6 is 11.6 Å². The number of nitrogens with zero attached hydrogens (tertiary/aromatic N) is 4. The number of benzene rings is 1. The number of halogens is 2. The Morgan fingerprint density at radius 1 is 1.18 bits per heavy atom. The number of aromatic nitrogens is 3. The smallest absolute Gasteiger partial charge is 0.407 e. The predicted octanol–water partition coefficient (Wildman–Crippen LogP) is 3.85. The van der Waals surface area contributed by atoms with E-state index in [4.69, 9.17) is 11.6 Å². The summed E-state index contributed by atoms with van der Waals surface area (Å²) in [4.78, 5) is 16.5. The quantitative estimate of drug-likeness (QED) is 0.692. The molecule has 1 fully saturated rings. The third kappa shape index (κ3) is 3.68. The summed E-state index contributed by atoms with van der Waals surface area (Å²) in [5, 5.41) is 23.1. The maximum atomic E-state index is 14.0. The summed E-state index contributed by atoms with van der Waals surface area (Å²) >= 11 is 5.96. The summed E-state index contributed by atoms with van der Waals surface area (Å²) in [7, 11) is 0. The van der Waals surface area contributed by atoms with Crippen LogP contribution in [-0.2, 0) is 0 Å². The number of fused-ring (bicyclic) bond motifs is 1. The normalized spacial score (nSPS) is 19.6. The first-order valence-electron chi connectivity index (χ1n) is 8.76. The molecule has 0 saturated carbocycles. The topological polar surface area (TPSA) is 91.2 Å². The van der Waals surface area contributed by atoms with Gasteiger partial charge in [0.15, 0.2) is 5.82 Å². The molecule has 9 heteroatoms. The first kappa shape index (κ1) is 18.4. The van der Waals surface area contributed by atoms with E-state index in [9.17, 15) is 14.3 Å². The zero-order valence-electron chi connectivity index (χ0n) is 14.7. The molecule has 2 N–H and O–H groups in total. The van der Waals surface area contributed by atoms with E-state index in [2.05, 4.69) is 20.5 Å². The van der Waals surface area contributed by atoms with Gasteiger partial charge >= 0.3 is 6.09 Å². The van der Waals surface area contributed by atoms with Crippen molar-refractivity contribution in [1.29, 1.82) is 0 Å². The molecular weight excluding hydrogens is 385 g/mol. The van der Waals surface area contributed by atoms with Gasteiger partial charge in [-0.25, -0.2) is 9.18 Å². The van der Waals surface area contributed by atoms with E-state index in [1.165, 1.54) is 0 Å². The summed E-state index contributed by atoms with van der Waals surface area (Å²) in [6.07, 6.45) is 1.19. The number of amides is 1. The number of rotatable bonds is 3. The highest BCUT2D eigenvalue weighted by Crippen LogP contribution is 2.30. The number of carbonyl (C=O) groups is 1. The lowest BCUT2D eigenvalue weighted by molar-refractivity contribution is 0.102. The van der Waals surface area contributed by atoms with Crippen LogP contribution in [0.15, 0.2) is 42.7 Å². The molecular formula is C19H17ClFN5O2. The van der Waals surface area contributed by atoms with Gasteiger partial charge in [0.25, 0.3) is 0 Å². The van der Waals surface area contributed by atoms with Crippen LogP contribution < -0.4 is 5.32 Å². The Labute approximate surface area is 165 Å². The lowest BCUT2D eigenvalue weighted by atomic mass is 10.0. The molecule has 144 valence electrons. The van der Waals surface area contributed by atoms with Gasteiger partial charge in [-0.2, -0.15) is 0 Å². The molecule has 3 heterocycles. The average Bonchev–Trinajstić information content (AvgIpc) is 2.69. The van der Waals surface area contributed by atoms with Gasteiger partial charge in [-0.05, 0) is 18.2 Å². The van der Waals surface area contributed by atoms with E-state index in [-0.39, 0.29) is 19.5 Å². The van der Waals surface area contributed by atoms with Crippen molar-refractivity contribution in [2.24, 2.45) is 0 Å². The van der Waals surface area contributed by atoms with Gasteiger partial charge < -0.3 is 15.3 Å². The zero-order valence-corrected chi connectivity index (χ0v) is 15.5. The Morgan fingerprint density at radius 2 is 1.96 bits per heavy atom. The lowest BCUT2D eigenvalue weighted by Gasteiger charge is -2.33. The van der Waals surface area contributed by atoms with Crippen LogP contribution in [0.2, 0.25) is 5.02 Å². The molecule has 0 bridgehead atoms. The van der Waals surface area contributed by atoms with Crippen LogP contribution in [0.25, 0.3) is 22.0 Å². The molecule has 4 rings (SSSR count). The highest BCUT2D eigenvalue weighted by Gasteiger charge is 2.30. The lowest BCUT2D eigenvalue weighted by Crippen LogP contribution is -2.49. The maximum absolute atomic E-state index is 14.0. The Morgan fingerprint density at radius 3 is 2.71 bits per heavy atom. The van der Waals surface area contributed by atoms with Crippen LogP contribution in [0.5, 0.6) is 0 Å². The number of pyridine rings is 1. The van der Waals surface area contributed by atoms with Gasteiger partial charge in [-0.3, -0.25) is 4.98 Å². The van der Waals surface area contributed by atoms with Crippen LogP contribution in [0.3, 0.4) is 0 Å². The van der Waals surface area contributed by atoms with Crippen molar-refractivity contribution in [2.45, 2.75) is 18.6 Å². The number of alkyl halides is 1. The molecule has 1 aliphatic heterocycles. The van der Waals surface area contributed by atoms with Crippen molar-refractivity contribution in [3.63, 3.8) is 0 Å². The van der Waals surface area contributed by atoms with E-state index in [1.807, 2.05) is 12.1 Å². The molecule has 7 nitrogen and oxygen atoms in total. The van der Waals surface area contributed by atoms with Crippen LogP contribution in [0.4, 0.5) is 15.0 Å². The number of nitrogens with one attached hydrogen (secondary N) is 1. The van der Waals surface area contributed by atoms with Crippen LogP contribution in [0, 0.1) is 0 Å². The molecule has 1 saturated heterocycles. The third-order valence-corrected chi connectivity index (χ3v) is 4.96. The number of likely N-dealkylation sites (tertiary alicyclic amines) is 1. The van der Waals surface area contributed by atoms with Crippen molar-refractivity contribution in [1.82, 2.24) is 20.1 Å². The zero-order chi connectivity index (χ0) is 19.7. The SMILES string of the molecule is O=C(O)N1C[C@H](F)C[C@@H](Nc2nnc(-c3ccc(Cl)cc3)c3cnccc23)C1. The first-order chi connectivity index (χ1) is 13.5. The van der Waals surface area contributed by atoms with Gasteiger partial charge in [0.1, 0.15) is 11.9 Å². The van der Waals surface area contributed by atoms with Gasteiger partial charge in [0, 0.05) is 52.8 Å². The summed E-state index contributed by atoms with van der Waals surface area (Å²) < 4.78 is 14.0. The van der Waals surface area contributed by atoms with Crippen molar-refractivity contribution >= 4 is 34.3 Å². The molecule has 2 aromatic heterocycles. The van der Waals surface area contributed by atoms with Crippen molar-refractivity contribution < 1.29 is 14.3 Å². The molecule has 0 aliphatic carbocycles. The largest absolute Gasteiger partial charge is 0.465 e. The van der Waals surface area contributed by atoms with Crippen molar-refractivity contribution in [3.05, 3.63) is 47.7 Å². The Bertz CT molecular complexity index is 1020. The molecule has 1 aromatic carbocycles. The number of hydrogen-bond acceptors (Lipinski definition) is 5. The van der Waals surface area contributed by atoms with E-state index in [0.29, 0.717) is 16.5 Å². The average molecular weight is 402 g/mol. The second kappa shape index (κ2) is 7.55. The van der Waals surface area contributed by atoms with Crippen molar-refractivity contribution in [3.8, 4) is 11.3 Å². The molecule has 0 radical (unpaired) electrons. The van der Waals surface area contributed by atoms with Crippen LogP contribution in [0.1, 0.15) is 6.42 Å². The standard InChI is InChI=1S/C19H17ClFN5O2/c20-12-3-1-11(2-4-12)17-16-8-22-6-5-15(16)18(25-24-17)23-14-7-13(21)9-26(10-14)19(27)28/h1-6,8,13-14H,7,9-10H2,(H,23,25)(H,27,28)/t13-,14-/m1/s1. The second-order valence-electron chi connectivity index (χ2n) is 6.69. The number of carboxylic acid groups (broad SMARTS) is 1. The fourth-order valence-electron chi connectivity index (χ4n) is 3.42. The highest BCUT2D eigenvalue weighted by atomic mass is 35.5. The van der Waals surface area contributed by atoms with Crippen molar-refractivity contribution in [2.75, 3.05) is 18.4 Å². The van der Waals surface area contributed by atoms with Gasteiger partial charge in [0.2, 0.25) is 0 Å². The van der Waals surface area contributed by atoms with Gasteiger partial charge in [0.05, 0.1) is 6.54 Å². The predicted molar refractivity (Wildman–Crippen MR) is 104 cm³/mol. The second-order valence-corrected chi connectivity index (χ2v) is 7.12. The summed E-state index contributed by atoms with van der Waals surface area (Å²) in [5.74, 6) is 0.472.